The molecule has 1 N–H and O–H groups in total. The first kappa shape index (κ1) is 14.8. The highest BCUT2D eigenvalue weighted by Crippen LogP contribution is 2.33. The van der Waals surface area contributed by atoms with Crippen molar-refractivity contribution in [2.75, 3.05) is 7.05 Å². The van der Waals surface area contributed by atoms with Gasteiger partial charge in [-0.15, -0.1) is 0 Å². The zero-order chi connectivity index (χ0) is 15.5. The van der Waals surface area contributed by atoms with Crippen LogP contribution in [0.15, 0.2) is 18.5 Å². The summed E-state index contributed by atoms with van der Waals surface area (Å²) in [5.74, 6) is 0.456. The molecule has 1 saturated carbocycles. The Kier molecular flexibility index (Phi) is 4.27. The molecule has 6 nitrogen and oxygen atoms in total. The average Bonchev–Trinajstić information content (AvgIpc) is 3.17. The second kappa shape index (κ2) is 6.34. The van der Waals surface area contributed by atoms with E-state index in [4.69, 9.17) is 0 Å². The molecule has 0 spiro atoms. The number of hydrogen-bond acceptors (Lipinski definition) is 3. The topological polar surface area (TPSA) is 66.8 Å². The molecule has 2 aromatic rings. The number of carbonyl (C=O) groups is 1. The van der Waals surface area contributed by atoms with E-state index in [-0.39, 0.29) is 5.91 Å². The van der Waals surface area contributed by atoms with Crippen LogP contribution in [0, 0.1) is 0 Å². The summed E-state index contributed by atoms with van der Waals surface area (Å²) in [6.45, 7) is 0.526. The highest BCUT2D eigenvalue weighted by atomic mass is 16.2. The summed E-state index contributed by atoms with van der Waals surface area (Å²) in [6.07, 6.45) is 9.61. The normalized spacial score (nSPS) is 15.9. The van der Waals surface area contributed by atoms with Gasteiger partial charge in [0.15, 0.2) is 0 Å². The van der Waals surface area contributed by atoms with Crippen LogP contribution >= 0.6 is 0 Å². The lowest BCUT2D eigenvalue weighted by Gasteiger charge is -2.22. The van der Waals surface area contributed by atoms with Crippen molar-refractivity contribution in [2.24, 2.45) is 7.05 Å². The predicted molar refractivity (Wildman–Crippen MR) is 83.4 cm³/mol. The molecule has 0 aliphatic heterocycles. The van der Waals surface area contributed by atoms with Crippen molar-refractivity contribution in [2.45, 2.75) is 44.6 Å². The summed E-state index contributed by atoms with van der Waals surface area (Å²) in [6, 6.07) is 1.88. The lowest BCUT2D eigenvalue weighted by atomic mass is 9.85. The van der Waals surface area contributed by atoms with Gasteiger partial charge in [-0.2, -0.15) is 10.2 Å². The highest BCUT2D eigenvalue weighted by molar-refractivity contribution is 5.95. The maximum Gasteiger partial charge on any atom is 0.257 e. The molecule has 0 atom stereocenters. The molecule has 0 saturated heterocycles. The van der Waals surface area contributed by atoms with Crippen LogP contribution in [0.2, 0.25) is 0 Å². The van der Waals surface area contributed by atoms with Crippen LogP contribution < -0.4 is 0 Å². The van der Waals surface area contributed by atoms with Gasteiger partial charge in [0, 0.05) is 32.4 Å². The van der Waals surface area contributed by atoms with E-state index in [1.54, 1.807) is 15.8 Å². The predicted octanol–water partition coefficient (Wildman–Crippen LogP) is 2.46. The van der Waals surface area contributed by atoms with E-state index in [2.05, 4.69) is 15.3 Å². The van der Waals surface area contributed by atoms with Crippen LogP contribution in [0.3, 0.4) is 0 Å². The summed E-state index contributed by atoms with van der Waals surface area (Å²) in [7, 11) is 3.71. The smallest absolute Gasteiger partial charge is 0.257 e. The molecule has 118 valence electrons. The van der Waals surface area contributed by atoms with Crippen molar-refractivity contribution in [1.29, 1.82) is 0 Å². The van der Waals surface area contributed by atoms with Crippen LogP contribution in [-0.4, -0.2) is 37.8 Å². The minimum atomic E-state index is 0.0308. The van der Waals surface area contributed by atoms with E-state index in [0.29, 0.717) is 12.5 Å². The second-order valence-corrected chi connectivity index (χ2v) is 6.18. The summed E-state index contributed by atoms with van der Waals surface area (Å²) in [4.78, 5) is 14.5. The monoisotopic (exact) mass is 301 g/mol. The number of H-pyrrole nitrogens is 1. The fraction of sp³-hybridized carbons (Fsp3) is 0.562. The fourth-order valence-corrected chi connectivity index (χ4v) is 3.25. The third-order valence-corrected chi connectivity index (χ3v) is 4.39. The van der Waals surface area contributed by atoms with Gasteiger partial charge >= 0.3 is 0 Å². The number of aromatic amines is 1. The van der Waals surface area contributed by atoms with E-state index in [9.17, 15) is 4.79 Å². The molecule has 0 unspecified atom stereocenters. The van der Waals surface area contributed by atoms with E-state index < -0.39 is 0 Å². The van der Waals surface area contributed by atoms with E-state index >= 15 is 0 Å². The number of nitrogens with one attached hydrogen (secondary N) is 1. The Balaban J connectivity index is 1.79. The summed E-state index contributed by atoms with van der Waals surface area (Å²) in [5, 5.41) is 11.4. The Bertz CT molecular complexity index is 625. The third-order valence-electron chi connectivity index (χ3n) is 4.39. The number of carbonyl (C=O) groups excluding carboxylic acids is 1. The number of nitrogens with zero attached hydrogens (tertiary/aromatic N) is 4. The summed E-state index contributed by atoms with van der Waals surface area (Å²) < 4.78 is 1.77. The summed E-state index contributed by atoms with van der Waals surface area (Å²) in [5.41, 5.74) is 2.65. The minimum Gasteiger partial charge on any atom is -0.336 e. The molecule has 1 amide bonds. The Morgan fingerprint density at radius 1 is 1.41 bits per heavy atom. The molecule has 3 rings (SSSR count). The Hall–Kier alpha value is -2.11. The Labute approximate surface area is 130 Å². The van der Waals surface area contributed by atoms with Crippen molar-refractivity contribution < 1.29 is 4.79 Å². The molecule has 1 aliphatic carbocycles. The molecular formula is C16H23N5O. The van der Waals surface area contributed by atoms with Gasteiger partial charge in [0.05, 0.1) is 23.5 Å². The number of aryl methyl sites for hydroxylation is 1. The fourth-order valence-electron chi connectivity index (χ4n) is 3.25. The molecule has 0 aromatic carbocycles. The van der Waals surface area contributed by atoms with Crippen molar-refractivity contribution in [3.05, 3.63) is 35.4 Å². The Morgan fingerprint density at radius 2 is 2.18 bits per heavy atom. The van der Waals surface area contributed by atoms with Crippen molar-refractivity contribution in [3.63, 3.8) is 0 Å². The first-order chi connectivity index (χ1) is 10.6. The summed E-state index contributed by atoms with van der Waals surface area (Å²) >= 11 is 0. The molecule has 0 bridgehead atoms. The number of amides is 1. The SMILES string of the molecule is CN(Cc1ccn[nH]1)C(=O)c1cn(C)nc1C1CCCCC1. The zero-order valence-corrected chi connectivity index (χ0v) is 13.2. The average molecular weight is 301 g/mol. The molecule has 2 aromatic heterocycles. The maximum absolute atomic E-state index is 12.8. The highest BCUT2D eigenvalue weighted by Gasteiger charge is 2.26. The van der Waals surface area contributed by atoms with Gasteiger partial charge in [0.25, 0.3) is 5.91 Å². The van der Waals surface area contributed by atoms with Gasteiger partial charge in [-0.25, -0.2) is 0 Å². The molecule has 6 heteroatoms. The molecular weight excluding hydrogens is 278 g/mol. The molecule has 1 fully saturated rings. The number of aromatic nitrogens is 4. The number of rotatable bonds is 4. The minimum absolute atomic E-state index is 0.0308. The standard InChI is InChI=1S/C16H23N5O/c1-20(10-13-8-9-17-18-13)16(22)14-11-21(2)19-15(14)12-6-4-3-5-7-12/h8-9,11-12H,3-7,10H2,1-2H3,(H,17,18). The van der Waals surface area contributed by atoms with E-state index in [1.807, 2.05) is 26.4 Å². The largest absolute Gasteiger partial charge is 0.336 e. The van der Waals surface area contributed by atoms with Crippen LogP contribution in [0.4, 0.5) is 0 Å². The van der Waals surface area contributed by atoms with Gasteiger partial charge in [-0.3, -0.25) is 14.6 Å². The quantitative estimate of drug-likeness (QED) is 0.943. The first-order valence-corrected chi connectivity index (χ1v) is 7.92. The lowest BCUT2D eigenvalue weighted by Crippen LogP contribution is -2.27. The van der Waals surface area contributed by atoms with E-state index in [1.165, 1.54) is 19.3 Å². The molecule has 22 heavy (non-hydrogen) atoms. The zero-order valence-electron chi connectivity index (χ0n) is 13.2. The number of hydrogen-bond donors (Lipinski definition) is 1. The van der Waals surface area contributed by atoms with Gasteiger partial charge in [0.1, 0.15) is 0 Å². The van der Waals surface area contributed by atoms with E-state index in [0.717, 1.165) is 29.8 Å². The van der Waals surface area contributed by atoms with Crippen molar-refractivity contribution in [3.8, 4) is 0 Å². The van der Waals surface area contributed by atoms with Gasteiger partial charge in [0.2, 0.25) is 0 Å². The molecule has 0 radical (unpaired) electrons. The second-order valence-electron chi connectivity index (χ2n) is 6.18. The van der Waals surface area contributed by atoms with Gasteiger partial charge in [-0.05, 0) is 18.9 Å². The van der Waals surface area contributed by atoms with Crippen LogP contribution in [0.25, 0.3) is 0 Å². The van der Waals surface area contributed by atoms with Crippen LogP contribution in [0.1, 0.15) is 59.8 Å². The Morgan fingerprint density at radius 3 is 2.86 bits per heavy atom. The van der Waals surface area contributed by atoms with Gasteiger partial charge in [-0.1, -0.05) is 19.3 Å². The molecule has 1 aliphatic rings. The van der Waals surface area contributed by atoms with Gasteiger partial charge < -0.3 is 4.90 Å². The van der Waals surface area contributed by atoms with Crippen molar-refractivity contribution >= 4 is 5.91 Å². The van der Waals surface area contributed by atoms with Crippen molar-refractivity contribution in [1.82, 2.24) is 24.9 Å². The maximum atomic E-state index is 12.8. The lowest BCUT2D eigenvalue weighted by molar-refractivity contribution is 0.0781. The van der Waals surface area contributed by atoms with Crippen LogP contribution in [-0.2, 0) is 13.6 Å². The first-order valence-electron chi connectivity index (χ1n) is 7.92. The third kappa shape index (κ3) is 3.05. The molecule has 2 heterocycles. The van der Waals surface area contributed by atoms with Crippen LogP contribution in [0.5, 0.6) is 0 Å².